The summed E-state index contributed by atoms with van der Waals surface area (Å²) in [7, 11) is -2.13. The molecule has 0 radical (unpaired) electrons. The highest BCUT2D eigenvalue weighted by atomic mass is 32.2. The normalized spacial score (nSPS) is 11.3. The standard InChI is InChI=1S/C14H22N2O4S/c1-3-4-12-5-7-13(8-6-12)21(18,19)16-11-14(17)15-9-10-20-2/h5-8,16H,3-4,9-11H2,1-2H3,(H,15,17). The van der Waals surface area contributed by atoms with Crippen LogP contribution in [-0.2, 0) is 26.0 Å². The lowest BCUT2D eigenvalue weighted by Crippen LogP contribution is -2.38. The highest BCUT2D eigenvalue weighted by molar-refractivity contribution is 7.89. The van der Waals surface area contributed by atoms with Crippen molar-refractivity contribution in [1.29, 1.82) is 0 Å². The van der Waals surface area contributed by atoms with E-state index in [2.05, 4.69) is 17.0 Å². The van der Waals surface area contributed by atoms with Crippen molar-refractivity contribution in [1.82, 2.24) is 10.0 Å². The van der Waals surface area contributed by atoms with Crippen LogP contribution in [0.5, 0.6) is 0 Å². The van der Waals surface area contributed by atoms with Gasteiger partial charge in [-0.25, -0.2) is 13.1 Å². The zero-order chi connectivity index (χ0) is 15.7. The van der Waals surface area contributed by atoms with Crippen LogP contribution in [-0.4, -0.2) is 41.1 Å². The fourth-order valence-corrected chi connectivity index (χ4v) is 2.71. The van der Waals surface area contributed by atoms with Crippen LogP contribution in [0.25, 0.3) is 0 Å². The molecule has 0 saturated heterocycles. The largest absolute Gasteiger partial charge is 0.383 e. The smallest absolute Gasteiger partial charge is 0.241 e. The molecule has 0 bridgehead atoms. The zero-order valence-corrected chi connectivity index (χ0v) is 13.2. The van der Waals surface area contributed by atoms with Crippen LogP contribution < -0.4 is 10.0 Å². The number of rotatable bonds is 9. The van der Waals surface area contributed by atoms with E-state index in [9.17, 15) is 13.2 Å². The highest BCUT2D eigenvalue weighted by Gasteiger charge is 2.15. The summed E-state index contributed by atoms with van der Waals surface area (Å²) in [5.74, 6) is -0.391. The molecule has 6 nitrogen and oxygen atoms in total. The van der Waals surface area contributed by atoms with Crippen molar-refractivity contribution in [3.05, 3.63) is 29.8 Å². The molecule has 1 amide bonds. The number of ether oxygens (including phenoxy) is 1. The van der Waals surface area contributed by atoms with Gasteiger partial charge in [-0.2, -0.15) is 0 Å². The topological polar surface area (TPSA) is 84.5 Å². The molecule has 7 heteroatoms. The second-order valence-electron chi connectivity index (χ2n) is 4.56. The van der Waals surface area contributed by atoms with Gasteiger partial charge in [-0.15, -0.1) is 0 Å². The fraction of sp³-hybridized carbons (Fsp3) is 0.500. The first-order valence-electron chi connectivity index (χ1n) is 6.84. The number of aryl methyl sites for hydroxylation is 1. The van der Waals surface area contributed by atoms with Crippen molar-refractivity contribution in [2.75, 3.05) is 26.8 Å². The van der Waals surface area contributed by atoms with Crippen LogP contribution in [0.4, 0.5) is 0 Å². The van der Waals surface area contributed by atoms with Crippen molar-refractivity contribution in [2.24, 2.45) is 0 Å². The summed E-state index contributed by atoms with van der Waals surface area (Å²) in [6.07, 6.45) is 1.92. The number of amides is 1. The number of sulfonamides is 1. The van der Waals surface area contributed by atoms with E-state index < -0.39 is 15.9 Å². The summed E-state index contributed by atoms with van der Waals surface area (Å²) in [5.41, 5.74) is 1.09. The number of methoxy groups -OCH3 is 1. The van der Waals surface area contributed by atoms with Gasteiger partial charge in [0.05, 0.1) is 18.0 Å². The van der Waals surface area contributed by atoms with E-state index in [0.29, 0.717) is 13.2 Å². The highest BCUT2D eigenvalue weighted by Crippen LogP contribution is 2.11. The lowest BCUT2D eigenvalue weighted by Gasteiger charge is -2.08. The maximum Gasteiger partial charge on any atom is 0.241 e. The molecular weight excluding hydrogens is 292 g/mol. The van der Waals surface area contributed by atoms with E-state index in [1.807, 2.05) is 0 Å². The lowest BCUT2D eigenvalue weighted by molar-refractivity contribution is -0.120. The molecule has 0 unspecified atom stereocenters. The van der Waals surface area contributed by atoms with E-state index in [0.717, 1.165) is 18.4 Å². The fourth-order valence-electron chi connectivity index (χ4n) is 1.72. The molecule has 0 aromatic heterocycles. The minimum atomic E-state index is -3.66. The summed E-state index contributed by atoms with van der Waals surface area (Å²) >= 11 is 0. The molecule has 118 valence electrons. The summed E-state index contributed by atoms with van der Waals surface area (Å²) < 4.78 is 31.1. The van der Waals surface area contributed by atoms with Gasteiger partial charge in [0.2, 0.25) is 15.9 Å². The number of carbonyl (C=O) groups is 1. The first-order valence-corrected chi connectivity index (χ1v) is 8.32. The Kier molecular flexibility index (Phi) is 7.35. The Morgan fingerprint density at radius 2 is 1.90 bits per heavy atom. The molecule has 0 aliphatic rings. The summed E-state index contributed by atoms with van der Waals surface area (Å²) in [4.78, 5) is 11.6. The first kappa shape index (κ1) is 17.6. The van der Waals surface area contributed by atoms with Crippen LogP contribution in [0, 0.1) is 0 Å². The SMILES string of the molecule is CCCc1ccc(S(=O)(=O)NCC(=O)NCCOC)cc1. The Morgan fingerprint density at radius 1 is 1.24 bits per heavy atom. The third-order valence-corrected chi connectivity index (χ3v) is 4.24. The van der Waals surface area contributed by atoms with E-state index in [1.54, 1.807) is 24.3 Å². The van der Waals surface area contributed by atoms with Crippen molar-refractivity contribution in [3.63, 3.8) is 0 Å². The maximum atomic E-state index is 12.0. The predicted octanol–water partition coefficient (Wildman–Crippen LogP) is 0.680. The predicted molar refractivity (Wildman–Crippen MR) is 80.5 cm³/mol. The van der Waals surface area contributed by atoms with Crippen molar-refractivity contribution >= 4 is 15.9 Å². The van der Waals surface area contributed by atoms with Gasteiger partial charge < -0.3 is 10.1 Å². The average Bonchev–Trinajstić information content (AvgIpc) is 2.46. The van der Waals surface area contributed by atoms with E-state index in [-0.39, 0.29) is 11.4 Å². The Labute approximate surface area is 125 Å². The minimum Gasteiger partial charge on any atom is -0.383 e. The first-order chi connectivity index (χ1) is 9.99. The molecule has 0 atom stereocenters. The molecule has 21 heavy (non-hydrogen) atoms. The number of carbonyl (C=O) groups excluding carboxylic acids is 1. The molecule has 1 aromatic rings. The van der Waals surface area contributed by atoms with Gasteiger partial charge in [-0.05, 0) is 24.1 Å². The summed E-state index contributed by atoms with van der Waals surface area (Å²) in [5, 5.41) is 2.54. The Bertz CT molecular complexity index is 541. The molecule has 0 saturated carbocycles. The van der Waals surface area contributed by atoms with Crippen LogP contribution in [0.15, 0.2) is 29.2 Å². The quantitative estimate of drug-likeness (QED) is 0.657. The van der Waals surface area contributed by atoms with Crippen molar-refractivity contribution in [3.8, 4) is 0 Å². The summed E-state index contributed by atoms with van der Waals surface area (Å²) in [6.45, 7) is 2.51. The van der Waals surface area contributed by atoms with E-state index >= 15 is 0 Å². The molecule has 0 fully saturated rings. The molecule has 0 aliphatic heterocycles. The van der Waals surface area contributed by atoms with Crippen LogP contribution in [0.3, 0.4) is 0 Å². The molecule has 1 aromatic carbocycles. The Morgan fingerprint density at radius 3 is 2.48 bits per heavy atom. The van der Waals surface area contributed by atoms with Crippen LogP contribution in [0.1, 0.15) is 18.9 Å². The number of nitrogens with one attached hydrogen (secondary N) is 2. The number of hydrogen-bond donors (Lipinski definition) is 2. The third-order valence-electron chi connectivity index (χ3n) is 2.82. The lowest BCUT2D eigenvalue weighted by atomic mass is 10.1. The minimum absolute atomic E-state index is 0.159. The van der Waals surface area contributed by atoms with E-state index in [1.165, 1.54) is 7.11 Å². The van der Waals surface area contributed by atoms with Gasteiger partial charge in [0.15, 0.2) is 0 Å². The monoisotopic (exact) mass is 314 g/mol. The average molecular weight is 314 g/mol. The van der Waals surface area contributed by atoms with Gasteiger partial charge >= 0.3 is 0 Å². The molecule has 2 N–H and O–H groups in total. The number of hydrogen-bond acceptors (Lipinski definition) is 4. The second kappa shape index (κ2) is 8.76. The van der Waals surface area contributed by atoms with Crippen LogP contribution >= 0.6 is 0 Å². The molecule has 0 aliphatic carbocycles. The Hall–Kier alpha value is -1.44. The number of benzene rings is 1. The van der Waals surface area contributed by atoms with Gasteiger partial charge in [0, 0.05) is 13.7 Å². The molecule has 1 rings (SSSR count). The van der Waals surface area contributed by atoms with Gasteiger partial charge in [-0.1, -0.05) is 25.5 Å². The zero-order valence-electron chi connectivity index (χ0n) is 12.4. The summed E-state index contributed by atoms with van der Waals surface area (Å²) in [6, 6.07) is 6.68. The van der Waals surface area contributed by atoms with Gasteiger partial charge in [0.25, 0.3) is 0 Å². The van der Waals surface area contributed by atoms with Gasteiger partial charge in [-0.3, -0.25) is 4.79 Å². The Balaban J connectivity index is 2.54. The molecule has 0 heterocycles. The molecular formula is C14H22N2O4S. The van der Waals surface area contributed by atoms with Crippen molar-refractivity contribution < 1.29 is 17.9 Å². The van der Waals surface area contributed by atoms with Crippen LogP contribution in [0.2, 0.25) is 0 Å². The third kappa shape index (κ3) is 6.24. The van der Waals surface area contributed by atoms with Crippen molar-refractivity contribution in [2.45, 2.75) is 24.7 Å². The molecule has 0 spiro atoms. The second-order valence-corrected chi connectivity index (χ2v) is 6.33. The maximum absolute atomic E-state index is 12.0. The van der Waals surface area contributed by atoms with Gasteiger partial charge in [0.1, 0.15) is 0 Å². The van der Waals surface area contributed by atoms with E-state index in [4.69, 9.17) is 4.74 Å².